The zero-order chi connectivity index (χ0) is 67.8. The number of hydrogen-bond acceptors (Lipinski definition) is 18. The van der Waals surface area contributed by atoms with E-state index in [4.69, 9.17) is 17.2 Å². The van der Waals surface area contributed by atoms with Gasteiger partial charge in [-0.05, 0) is 177 Å². The second-order valence-corrected chi connectivity index (χ2v) is 29.2. The van der Waals surface area contributed by atoms with Crippen molar-refractivity contribution < 1.29 is 24.1 Å². The number of nitrogens with zero attached hydrogens (tertiary/aromatic N) is 15. The number of anilines is 3. The van der Waals surface area contributed by atoms with Gasteiger partial charge in [0.2, 0.25) is 17.8 Å². The Kier molecular flexibility index (Phi) is 17.3. The number of nitrogen functional groups attached to an aromatic ring is 3. The lowest BCUT2D eigenvalue weighted by Gasteiger charge is -2.40. The van der Waals surface area contributed by atoms with Gasteiger partial charge >= 0.3 is 0 Å². The molecule has 17 rings (SSSR count). The van der Waals surface area contributed by atoms with Crippen LogP contribution in [0.3, 0.4) is 0 Å². The number of piperidine rings is 2. The second kappa shape index (κ2) is 26.0. The van der Waals surface area contributed by atoms with Crippen LogP contribution in [0.4, 0.5) is 26.6 Å². The molecule has 8 fully saturated rings. The van der Waals surface area contributed by atoms with Gasteiger partial charge in [-0.15, -0.1) is 0 Å². The molecule has 5 aliphatic carbocycles. The van der Waals surface area contributed by atoms with Crippen LogP contribution in [0.15, 0.2) is 80.0 Å². The molecule has 3 aliphatic heterocycles. The first-order valence-corrected chi connectivity index (χ1v) is 34.8. The van der Waals surface area contributed by atoms with Gasteiger partial charge in [-0.2, -0.15) is 0 Å². The largest absolute Gasteiger partial charge is 0.378 e. The number of nitrogens with two attached hydrogens (primary N) is 3. The molecule has 9 aromatic rings. The SMILES string of the molecule is CC(C)(O)C#Cc1cc2c(-c3nc(N)ncc3F)cn(C3CN(C4CC4)C3)c2cn1.CC(O)(C#Cc1cc2c(-c3ccnc(N)n3)cn(C3CCN(C4CC4)CC3)c2cn1)C1CC1.CC(O)(C#Cc1cc2c(-c3nc(N)ncc3F)cn(C3CCN(CC4CC4)CC3)c2cn1)C1CC1. The lowest BCUT2D eigenvalue weighted by atomic mass is 10.0. The molecule has 0 spiro atoms. The average Bonchev–Trinajstić information content (AvgIpc) is 1.62. The highest BCUT2D eigenvalue weighted by Gasteiger charge is 2.42. The lowest BCUT2D eigenvalue weighted by molar-refractivity contribution is 0.0976. The highest BCUT2D eigenvalue weighted by molar-refractivity contribution is 5.98. The molecule has 0 radical (unpaired) electrons. The van der Waals surface area contributed by atoms with Crippen LogP contribution in [0.2, 0.25) is 0 Å². The van der Waals surface area contributed by atoms with Gasteiger partial charge in [-0.1, -0.05) is 17.8 Å². The van der Waals surface area contributed by atoms with Crippen molar-refractivity contribution in [1.29, 1.82) is 0 Å². The quantitative estimate of drug-likeness (QED) is 0.0621. The van der Waals surface area contributed by atoms with E-state index in [1.165, 1.54) is 45.1 Å². The van der Waals surface area contributed by atoms with E-state index in [0.29, 0.717) is 46.3 Å². The molecule has 9 N–H and O–H groups in total. The van der Waals surface area contributed by atoms with Crippen LogP contribution in [0.5, 0.6) is 0 Å². The van der Waals surface area contributed by atoms with Crippen LogP contribution < -0.4 is 17.2 Å². The Balaban J connectivity index is 0.000000120. The topological polar surface area (TPSA) is 279 Å². The predicted molar refractivity (Wildman–Crippen MR) is 373 cm³/mol. The Morgan fingerprint density at radius 2 is 0.898 bits per heavy atom. The second-order valence-electron chi connectivity index (χ2n) is 29.2. The first-order chi connectivity index (χ1) is 47.1. The molecule has 3 saturated heterocycles. The van der Waals surface area contributed by atoms with Crippen molar-refractivity contribution in [2.75, 3.05) is 63.0 Å². The summed E-state index contributed by atoms with van der Waals surface area (Å²) in [5, 5.41) is 33.8. The third-order valence-corrected chi connectivity index (χ3v) is 20.7. The molecule has 0 amide bonds. The number of halogens is 2. The first-order valence-electron chi connectivity index (χ1n) is 34.8. The van der Waals surface area contributed by atoms with E-state index in [2.05, 4.69) is 115 Å². The van der Waals surface area contributed by atoms with Gasteiger partial charge in [-0.3, -0.25) is 4.90 Å². The standard InChI is InChI=1S/C27H31FN6O.C26H30N6O.C22H23FN6O/c1-27(35,18-4-5-18)9-6-19-12-21-22(25-23(28)13-31-26(29)32-25)16-34(24(21)14-30-19)20-7-10-33(11-8-20)15-17-2-3-17;1-26(33,17-2-3-17)10-6-18-14-21-22(23-7-11-28-25(27)30-23)16-32(24(21)15-29-18)20-8-12-31(13-9-20)19-4-5-19;1-22(2,30)6-5-13-7-16-17(20-18(23)8-26-21(24)27-20)12-29(19(16)9-25-13)15-10-28(11-15)14-3-4-14/h12-14,16-18,20,35H,2-5,7-8,10-11,15H2,1H3,(H2,29,31,32);7,11,14-17,19-20,33H,2-5,8-9,12-13H2,1H3,(H2,27,28,30);7-9,12,14-15,30H,3-4,10-11H2,1-2H3,(H2,24,26,27). The summed E-state index contributed by atoms with van der Waals surface area (Å²) in [4.78, 5) is 45.8. The molecular formula is C75H84F2N18O3. The van der Waals surface area contributed by atoms with Gasteiger partial charge in [0.15, 0.2) is 11.6 Å². The van der Waals surface area contributed by atoms with Gasteiger partial charge in [0.25, 0.3) is 0 Å². The Hall–Kier alpha value is -8.99. The summed E-state index contributed by atoms with van der Waals surface area (Å²) in [6.45, 7) is 14.4. The Morgan fingerprint density at radius 1 is 0.469 bits per heavy atom. The van der Waals surface area contributed by atoms with E-state index in [0.717, 1.165) is 165 Å². The monoisotopic (exact) mass is 1320 g/mol. The maximum Gasteiger partial charge on any atom is 0.220 e. The summed E-state index contributed by atoms with van der Waals surface area (Å²) >= 11 is 0. The van der Waals surface area contributed by atoms with Crippen LogP contribution in [0.1, 0.15) is 153 Å². The van der Waals surface area contributed by atoms with E-state index in [9.17, 15) is 24.1 Å². The smallest absolute Gasteiger partial charge is 0.220 e. The van der Waals surface area contributed by atoms with Gasteiger partial charge in [-0.25, -0.2) is 53.6 Å². The summed E-state index contributed by atoms with van der Waals surface area (Å²) in [6.07, 6.45) is 31.9. The number of pyridine rings is 3. The fourth-order valence-electron chi connectivity index (χ4n) is 14.3. The summed E-state index contributed by atoms with van der Waals surface area (Å²) in [6, 6.07) is 10.2. The Labute approximate surface area is 568 Å². The zero-order valence-corrected chi connectivity index (χ0v) is 56.0. The Morgan fingerprint density at radius 3 is 1.35 bits per heavy atom. The van der Waals surface area contributed by atoms with Crippen LogP contribution in [-0.4, -0.2) is 163 Å². The zero-order valence-electron chi connectivity index (χ0n) is 56.0. The van der Waals surface area contributed by atoms with Crippen molar-refractivity contribution in [1.82, 2.24) is 73.3 Å². The minimum Gasteiger partial charge on any atom is -0.378 e. The molecular weight excluding hydrogens is 1240 g/mol. The lowest BCUT2D eigenvalue weighted by Crippen LogP contribution is -2.48. The number of aliphatic hydroxyl groups is 3. The molecule has 9 aromatic heterocycles. The normalized spacial score (nSPS) is 20.1. The molecule has 5 saturated carbocycles. The van der Waals surface area contributed by atoms with Gasteiger partial charge in [0.1, 0.15) is 45.3 Å². The first kappa shape index (κ1) is 65.0. The summed E-state index contributed by atoms with van der Waals surface area (Å²) in [5.74, 6) is 18.5. The minimum atomic E-state index is -1.13. The predicted octanol–water partition coefficient (Wildman–Crippen LogP) is 9.52. The molecule has 8 aliphatic rings. The fourth-order valence-corrected chi connectivity index (χ4v) is 14.3. The molecule has 2 atom stereocenters. The third kappa shape index (κ3) is 14.5. The van der Waals surface area contributed by atoms with E-state index >= 15 is 0 Å². The van der Waals surface area contributed by atoms with Crippen molar-refractivity contribution in [3.05, 3.63) is 109 Å². The summed E-state index contributed by atoms with van der Waals surface area (Å²) < 4.78 is 36.2. The number of likely N-dealkylation sites (tertiary alicyclic amines) is 3. The number of fused-ring (bicyclic) bond motifs is 3. The summed E-state index contributed by atoms with van der Waals surface area (Å²) in [7, 11) is 0. The van der Waals surface area contributed by atoms with E-state index < -0.39 is 28.4 Å². The summed E-state index contributed by atoms with van der Waals surface area (Å²) in [5.41, 5.74) is 22.4. The molecule has 21 nitrogen and oxygen atoms in total. The van der Waals surface area contributed by atoms with Crippen LogP contribution in [0.25, 0.3) is 66.5 Å². The van der Waals surface area contributed by atoms with Crippen molar-refractivity contribution in [2.45, 2.75) is 165 Å². The van der Waals surface area contributed by atoms with Crippen LogP contribution in [0, 0.1) is 64.9 Å². The van der Waals surface area contributed by atoms with Gasteiger partial charge in [0.05, 0.1) is 59.3 Å². The molecule has 2 unspecified atom stereocenters. The third-order valence-electron chi connectivity index (χ3n) is 20.7. The van der Waals surface area contributed by atoms with E-state index in [1.54, 1.807) is 40.1 Å². The molecule has 0 bridgehead atoms. The maximum atomic E-state index is 14.8. The van der Waals surface area contributed by atoms with Crippen molar-refractivity contribution in [2.24, 2.45) is 17.8 Å². The molecule has 98 heavy (non-hydrogen) atoms. The maximum absolute atomic E-state index is 14.8. The van der Waals surface area contributed by atoms with Crippen LogP contribution in [-0.2, 0) is 0 Å². The van der Waals surface area contributed by atoms with Crippen molar-refractivity contribution in [3.8, 4) is 69.3 Å². The molecule has 23 heteroatoms. The van der Waals surface area contributed by atoms with Crippen molar-refractivity contribution in [3.63, 3.8) is 0 Å². The average molecular weight is 1320 g/mol. The number of hydrogen-bond donors (Lipinski definition) is 6. The molecule has 12 heterocycles. The van der Waals surface area contributed by atoms with Gasteiger partial charge < -0.3 is 56.0 Å². The van der Waals surface area contributed by atoms with Crippen molar-refractivity contribution >= 4 is 50.6 Å². The minimum absolute atomic E-state index is 0.0203. The van der Waals surface area contributed by atoms with E-state index in [1.807, 2.05) is 49.1 Å². The highest BCUT2D eigenvalue weighted by atomic mass is 19.1. The molecule has 0 aromatic carbocycles. The number of aromatic nitrogens is 12. The van der Waals surface area contributed by atoms with Gasteiger partial charge in [0, 0.05) is 128 Å². The molecule has 506 valence electrons. The van der Waals surface area contributed by atoms with E-state index in [-0.39, 0.29) is 41.1 Å². The van der Waals surface area contributed by atoms with Crippen LogP contribution >= 0.6 is 0 Å². The number of rotatable bonds is 12. The Bertz CT molecular complexity index is 4710. The highest BCUT2D eigenvalue weighted by Crippen LogP contribution is 2.44. The fraction of sp³-hybridized carbons (Fsp3) is 0.480.